The molecular weight excluding hydrogens is 476 g/mol. The molecule has 11 nitrogen and oxygen atoms in total. The molecule has 2 N–H and O–H groups in total. The van der Waals surface area contributed by atoms with Crippen molar-refractivity contribution < 1.29 is 32.5 Å². The number of aliphatic hydroxyl groups excluding tert-OH is 1. The fourth-order valence-corrected chi connectivity index (χ4v) is 3.70. The van der Waals surface area contributed by atoms with Gasteiger partial charge in [-0.2, -0.15) is 0 Å². The molecule has 0 saturated carbocycles. The zero-order valence-corrected chi connectivity index (χ0v) is 20.1. The number of benzene rings is 1. The largest absolute Gasteiger partial charge is 0.488 e. The molecule has 0 spiro atoms. The minimum absolute atomic E-state index is 0.0657. The second kappa shape index (κ2) is 9.84. The van der Waals surface area contributed by atoms with E-state index in [-0.39, 0.29) is 29.9 Å². The molecule has 1 unspecified atom stereocenters. The smallest absolute Gasteiger partial charge is 0.237 e. The molecule has 0 fully saturated rings. The van der Waals surface area contributed by atoms with Crippen molar-refractivity contribution in [2.75, 3.05) is 19.5 Å². The van der Waals surface area contributed by atoms with E-state index in [0.717, 1.165) is 12.5 Å². The molecule has 0 aliphatic carbocycles. The van der Waals surface area contributed by atoms with Crippen LogP contribution in [0.1, 0.15) is 19.5 Å². The average Bonchev–Trinajstić information content (AvgIpc) is 3.49. The zero-order valence-electron chi connectivity index (χ0n) is 19.3. The van der Waals surface area contributed by atoms with E-state index in [0.29, 0.717) is 34.3 Å². The maximum Gasteiger partial charge on any atom is 0.237 e. The number of carbonyl (C=O) groups excluding carboxylic acids is 1. The number of ether oxygens (including phenoxy) is 3. The molecule has 1 aliphatic rings. The van der Waals surface area contributed by atoms with Crippen molar-refractivity contribution in [3.63, 3.8) is 0 Å². The van der Waals surface area contributed by atoms with Crippen LogP contribution in [0.4, 0.5) is 0 Å². The predicted molar refractivity (Wildman–Crippen MR) is 126 cm³/mol. The van der Waals surface area contributed by atoms with Crippen molar-refractivity contribution in [2.45, 2.75) is 31.0 Å². The van der Waals surface area contributed by atoms with Crippen LogP contribution < -0.4 is 9.47 Å². The highest BCUT2D eigenvalue weighted by atomic mass is 32.2. The number of nitrogens with zero attached hydrogens (tertiary/aromatic N) is 3. The van der Waals surface area contributed by atoms with E-state index in [2.05, 4.69) is 19.9 Å². The molecule has 1 aliphatic heterocycles. The second-order valence-corrected chi connectivity index (χ2v) is 9.99. The molecule has 2 aromatic heterocycles. The third-order valence-corrected chi connectivity index (χ3v) is 6.00. The van der Waals surface area contributed by atoms with Crippen LogP contribution in [0.2, 0.25) is 0 Å². The Morgan fingerprint density at radius 3 is 2.57 bits per heavy atom. The number of Topliss-reactive ketones (excluding diaryl/α,β-unsaturated/α-hetero) is 1. The number of aromatic nitrogens is 3. The van der Waals surface area contributed by atoms with Gasteiger partial charge in [-0.3, -0.25) is 4.79 Å². The summed E-state index contributed by atoms with van der Waals surface area (Å²) in [5, 5.41) is 9.22. The molecule has 0 saturated heterocycles. The molecule has 35 heavy (non-hydrogen) atoms. The van der Waals surface area contributed by atoms with E-state index < -0.39 is 22.0 Å². The fourth-order valence-electron chi connectivity index (χ4n) is 3.21. The van der Waals surface area contributed by atoms with Gasteiger partial charge in [0.15, 0.2) is 20.6 Å². The molecule has 0 bridgehead atoms. The van der Waals surface area contributed by atoms with Crippen molar-refractivity contribution in [3.8, 4) is 28.6 Å². The predicted octanol–water partition coefficient (Wildman–Crippen LogP) is 2.16. The number of nitrogens with one attached hydrogen (secondary N) is 1. The number of hydrogen-bond acceptors (Lipinski definition) is 10. The Labute approximate surface area is 201 Å². The van der Waals surface area contributed by atoms with Gasteiger partial charge in [0.05, 0.1) is 19.0 Å². The summed E-state index contributed by atoms with van der Waals surface area (Å²) in [7, 11) is -3.49. The van der Waals surface area contributed by atoms with Crippen LogP contribution in [0.15, 0.2) is 52.7 Å². The van der Waals surface area contributed by atoms with E-state index in [9.17, 15) is 18.3 Å². The van der Waals surface area contributed by atoms with Crippen molar-refractivity contribution in [3.05, 3.63) is 48.4 Å². The van der Waals surface area contributed by atoms with E-state index >= 15 is 0 Å². The number of aromatic amines is 1. The first kappa shape index (κ1) is 24.4. The quantitative estimate of drug-likeness (QED) is 0.450. The molecule has 3 heterocycles. The Balaban J connectivity index is 1.64. The first-order valence-corrected chi connectivity index (χ1v) is 12.5. The van der Waals surface area contributed by atoms with Gasteiger partial charge < -0.3 is 24.3 Å². The van der Waals surface area contributed by atoms with Gasteiger partial charge in [-0.15, -0.1) is 0 Å². The summed E-state index contributed by atoms with van der Waals surface area (Å²) in [6, 6.07) is 8.21. The maximum atomic E-state index is 11.6. The van der Waals surface area contributed by atoms with Gasteiger partial charge in [0.1, 0.15) is 35.9 Å². The number of H-pyrrole nitrogens is 1. The summed E-state index contributed by atoms with van der Waals surface area (Å²) in [4.78, 5) is 27.0. The highest BCUT2D eigenvalue weighted by Crippen LogP contribution is 2.32. The lowest BCUT2D eigenvalue weighted by molar-refractivity contribution is -0.118. The third kappa shape index (κ3) is 5.84. The Morgan fingerprint density at radius 2 is 1.94 bits per heavy atom. The summed E-state index contributed by atoms with van der Waals surface area (Å²) >= 11 is 0. The van der Waals surface area contributed by atoms with Gasteiger partial charge in [-0.05, 0) is 38.1 Å². The Kier molecular flexibility index (Phi) is 6.85. The summed E-state index contributed by atoms with van der Waals surface area (Å²) in [6.07, 6.45) is 2.91. The van der Waals surface area contributed by atoms with Crippen molar-refractivity contribution in [2.24, 2.45) is 4.99 Å². The van der Waals surface area contributed by atoms with E-state index in [4.69, 9.17) is 14.2 Å². The molecule has 184 valence electrons. The number of rotatable bonds is 9. The number of hydrogen-bond donors (Lipinski definition) is 2. The topological polar surface area (TPSA) is 153 Å². The molecule has 2 atom stereocenters. The van der Waals surface area contributed by atoms with Crippen molar-refractivity contribution >= 4 is 21.5 Å². The van der Waals surface area contributed by atoms with Gasteiger partial charge in [0, 0.05) is 23.6 Å². The molecule has 3 aromatic rings. The number of carbonyl (C=O) groups is 1. The van der Waals surface area contributed by atoms with Gasteiger partial charge >= 0.3 is 0 Å². The third-order valence-electron chi connectivity index (χ3n) is 5.03. The lowest BCUT2D eigenvalue weighted by atomic mass is 10.1. The molecule has 12 heteroatoms. The Hall–Kier alpha value is -3.77. The van der Waals surface area contributed by atoms with Crippen LogP contribution in [0, 0.1) is 0 Å². The maximum absolute atomic E-state index is 11.6. The first-order valence-electron chi connectivity index (χ1n) is 10.7. The standard InChI is InChI=1S/C23H24N4O7S/c1-13(11-28)33-16-6-15(18-4-5-19(26-18)23-27-20(12-32-23)14(2)29)7-17(8-16)34-21-9-25-22(10-24-21)35(3,30)31/h4-10,13,20,26,28H,11-12H2,1-3H3/t13-,20?/m0/s1. The minimum atomic E-state index is -3.49. The van der Waals surface area contributed by atoms with Gasteiger partial charge in [0.25, 0.3) is 0 Å². The Morgan fingerprint density at radius 1 is 1.20 bits per heavy atom. The number of sulfone groups is 1. The van der Waals surface area contributed by atoms with Crippen LogP contribution in [-0.4, -0.2) is 71.8 Å². The second-order valence-electron chi connectivity index (χ2n) is 8.03. The van der Waals surface area contributed by atoms with Crippen LogP contribution in [-0.2, 0) is 19.4 Å². The molecule has 0 radical (unpaired) electrons. The summed E-state index contributed by atoms with van der Waals surface area (Å²) in [5.41, 5.74) is 2.00. The van der Waals surface area contributed by atoms with Crippen LogP contribution in [0.5, 0.6) is 17.4 Å². The highest BCUT2D eigenvalue weighted by Gasteiger charge is 2.24. The Bertz CT molecular complexity index is 1370. The average molecular weight is 501 g/mol. The molecule has 1 aromatic carbocycles. The van der Waals surface area contributed by atoms with E-state index in [1.54, 1.807) is 31.2 Å². The van der Waals surface area contributed by atoms with Gasteiger partial charge in [0.2, 0.25) is 11.8 Å². The number of aliphatic imine (C=N–C) groups is 1. The summed E-state index contributed by atoms with van der Waals surface area (Å²) in [5.74, 6) is 1.17. The van der Waals surface area contributed by atoms with Gasteiger partial charge in [-0.1, -0.05) is 0 Å². The first-order chi connectivity index (χ1) is 16.6. The SMILES string of the molecule is CC(=O)C1COC(c2ccc(-c3cc(Oc4cnc(S(C)(=O)=O)cn4)cc(O[C@@H](C)CO)c3)[nH]2)=N1. The van der Waals surface area contributed by atoms with Crippen molar-refractivity contribution in [1.29, 1.82) is 0 Å². The van der Waals surface area contributed by atoms with Crippen LogP contribution in [0.3, 0.4) is 0 Å². The van der Waals surface area contributed by atoms with Crippen LogP contribution in [0.25, 0.3) is 11.3 Å². The number of ketones is 1. The minimum Gasteiger partial charge on any atom is -0.488 e. The lowest BCUT2D eigenvalue weighted by Crippen LogP contribution is -2.16. The summed E-state index contributed by atoms with van der Waals surface area (Å²) < 4.78 is 40.3. The summed E-state index contributed by atoms with van der Waals surface area (Å²) in [6.45, 7) is 3.22. The van der Waals surface area contributed by atoms with Crippen LogP contribution >= 0.6 is 0 Å². The lowest BCUT2D eigenvalue weighted by Gasteiger charge is -2.15. The highest BCUT2D eigenvalue weighted by molar-refractivity contribution is 7.90. The van der Waals surface area contributed by atoms with E-state index in [1.165, 1.54) is 13.1 Å². The van der Waals surface area contributed by atoms with Crippen molar-refractivity contribution in [1.82, 2.24) is 15.0 Å². The fraction of sp³-hybridized carbons (Fsp3) is 0.304. The monoisotopic (exact) mass is 500 g/mol. The molecule has 0 amide bonds. The normalized spacial score (nSPS) is 16.3. The molecule has 4 rings (SSSR count). The van der Waals surface area contributed by atoms with E-state index in [1.807, 2.05) is 6.07 Å². The molecular formula is C23H24N4O7S. The number of aliphatic hydroxyl groups is 1. The van der Waals surface area contributed by atoms with Gasteiger partial charge in [-0.25, -0.2) is 23.4 Å². The zero-order chi connectivity index (χ0) is 25.2.